The highest BCUT2D eigenvalue weighted by atomic mass is 128. The van der Waals surface area contributed by atoms with E-state index in [0.717, 1.165) is 17.2 Å². The number of halogens is 4. The van der Waals surface area contributed by atoms with E-state index in [0.29, 0.717) is 82.5 Å². The van der Waals surface area contributed by atoms with E-state index < -0.39 is 28.3 Å². The molecule has 5 amide bonds. The number of rotatable bonds is 9. The van der Waals surface area contributed by atoms with Gasteiger partial charge in [0.25, 0.3) is 5.91 Å². The van der Waals surface area contributed by atoms with E-state index in [1.807, 2.05) is 71.6 Å². The first-order valence-corrected chi connectivity index (χ1v) is 26.3. The Morgan fingerprint density at radius 3 is 1.78 bits per heavy atom. The van der Waals surface area contributed by atoms with Crippen molar-refractivity contribution in [3.05, 3.63) is 143 Å². The molecule has 10 nitrogen and oxygen atoms in total. The van der Waals surface area contributed by atoms with Crippen LogP contribution in [0.4, 0.5) is 18.4 Å². The summed E-state index contributed by atoms with van der Waals surface area (Å²) in [6, 6.07) is 32.7. The van der Waals surface area contributed by atoms with Gasteiger partial charge in [0.15, 0.2) is 11.6 Å². The molecule has 3 fully saturated rings. The van der Waals surface area contributed by atoms with Crippen LogP contribution in [0.25, 0.3) is 0 Å². The summed E-state index contributed by atoms with van der Waals surface area (Å²) in [5, 5.41) is 6.72. The number of nitrogens with zero attached hydrogens (tertiary/aromatic N) is 4. The predicted molar refractivity (Wildman–Crippen MR) is 242 cm³/mol. The third kappa shape index (κ3) is 10.4. The first-order valence-electron chi connectivity index (χ1n) is 20.0. The number of likely N-dealkylation sites (tertiary alicyclic amines) is 2. The molecular weight excluding hydrogens is 980 g/mol. The molecule has 1 atom stereocenters. The van der Waals surface area contributed by atoms with Crippen molar-refractivity contribution in [2.24, 2.45) is 0 Å². The molecule has 2 N–H and O–H groups in total. The minimum atomic E-state index is -1.05. The third-order valence-corrected chi connectivity index (χ3v) is 12.1. The standard InChI is InChI=1S/C45H52F2N6O4.I2/c1-50(2)41(55)48-44(36-16-10-5-11-17-36)22-28-52(29-23-44)42(56)49-43(35-14-8-4-9-15-35)20-25-51(26-21-43)27-24-45(37-18-19-38(46)39(47)32-37)33-53(30-31-57-45)40(54)34-12-6-3-7-13-34;1-2/h3-19,32H,20-31,33H2,1-2H3,(H,48,55)(H,49,56);. The smallest absolute Gasteiger partial charge is 0.318 e. The van der Waals surface area contributed by atoms with E-state index in [1.165, 1.54) is 11.0 Å². The molecule has 3 aliphatic heterocycles. The Kier molecular flexibility index (Phi) is 15.2. The monoisotopic (exact) mass is 1030 g/mol. The molecule has 314 valence electrons. The van der Waals surface area contributed by atoms with E-state index >= 15 is 0 Å². The van der Waals surface area contributed by atoms with Crippen molar-refractivity contribution >= 4 is 55.2 Å². The zero-order valence-corrected chi connectivity index (χ0v) is 37.8. The number of ether oxygens (including phenoxy) is 1. The SMILES string of the molecule is CN(C)C(=O)NC1(c2ccccc2)CCN(C(=O)NC2(c3ccccc3)CCN(CCC3(c4ccc(F)c(F)c4)CN(C(=O)c4ccccc4)CCO3)CC2)CC1.II. The summed E-state index contributed by atoms with van der Waals surface area (Å²) >= 11 is 4.24. The van der Waals surface area contributed by atoms with E-state index in [1.54, 1.807) is 37.2 Å². The van der Waals surface area contributed by atoms with Crippen LogP contribution in [0.5, 0.6) is 0 Å². The summed E-state index contributed by atoms with van der Waals surface area (Å²) in [5.41, 5.74) is 0.866. The Balaban J connectivity index is 0.00000288. The zero-order valence-electron chi connectivity index (χ0n) is 33.5. The Bertz CT molecular complexity index is 2020. The van der Waals surface area contributed by atoms with Crippen molar-refractivity contribution < 1.29 is 27.9 Å². The van der Waals surface area contributed by atoms with E-state index in [9.17, 15) is 23.2 Å². The maximum Gasteiger partial charge on any atom is 0.318 e. The molecule has 59 heavy (non-hydrogen) atoms. The van der Waals surface area contributed by atoms with Gasteiger partial charge in [-0.3, -0.25) is 4.79 Å². The zero-order chi connectivity index (χ0) is 42.0. The molecule has 4 aromatic carbocycles. The van der Waals surface area contributed by atoms with Crippen LogP contribution < -0.4 is 10.6 Å². The second kappa shape index (κ2) is 20.1. The summed E-state index contributed by atoms with van der Waals surface area (Å²) in [6.45, 7) is 3.71. The van der Waals surface area contributed by atoms with Gasteiger partial charge in [0.05, 0.1) is 24.2 Å². The molecule has 1 unspecified atom stereocenters. The average Bonchev–Trinajstić information content (AvgIpc) is 3.28. The molecule has 7 rings (SSSR count). The summed E-state index contributed by atoms with van der Waals surface area (Å²) in [4.78, 5) is 48.1. The van der Waals surface area contributed by atoms with Crippen LogP contribution in [0, 0.1) is 11.6 Å². The number of urea groups is 2. The quantitative estimate of drug-likeness (QED) is 0.164. The molecule has 0 aromatic heterocycles. The Hall–Kier alpha value is -3.87. The van der Waals surface area contributed by atoms with Gasteiger partial charge < -0.3 is 35.0 Å². The third-order valence-electron chi connectivity index (χ3n) is 12.1. The summed E-state index contributed by atoms with van der Waals surface area (Å²) < 4.78 is 35.3. The number of nitrogens with one attached hydrogen (secondary N) is 2. The van der Waals surface area contributed by atoms with Gasteiger partial charge in [0.1, 0.15) is 5.60 Å². The van der Waals surface area contributed by atoms with Gasteiger partial charge >= 0.3 is 12.1 Å². The lowest BCUT2D eigenvalue weighted by Gasteiger charge is -2.47. The number of piperidine rings is 2. The molecule has 0 radical (unpaired) electrons. The van der Waals surface area contributed by atoms with E-state index in [-0.39, 0.29) is 31.1 Å². The molecule has 0 spiro atoms. The first-order chi connectivity index (χ1) is 28.5. The number of benzene rings is 4. The molecule has 0 saturated carbocycles. The molecular formula is C45H52F2I2N6O4. The fourth-order valence-corrected chi connectivity index (χ4v) is 8.65. The highest BCUT2D eigenvalue weighted by molar-refractivity contribution is 15.0. The van der Waals surface area contributed by atoms with E-state index in [4.69, 9.17) is 4.74 Å². The molecule has 4 aromatic rings. The van der Waals surface area contributed by atoms with E-state index in [2.05, 4.69) is 64.9 Å². The van der Waals surface area contributed by atoms with Gasteiger partial charge in [-0.05, 0) is 73.1 Å². The van der Waals surface area contributed by atoms with Crippen molar-refractivity contribution in [3.8, 4) is 0 Å². The second-order valence-corrected chi connectivity index (χ2v) is 15.8. The lowest BCUT2D eigenvalue weighted by molar-refractivity contribution is -0.114. The van der Waals surface area contributed by atoms with Crippen molar-refractivity contribution in [2.75, 3.05) is 66.5 Å². The maximum absolute atomic E-state index is 14.7. The van der Waals surface area contributed by atoms with Crippen molar-refractivity contribution in [2.45, 2.75) is 48.8 Å². The van der Waals surface area contributed by atoms with Crippen LogP contribution in [0.3, 0.4) is 0 Å². The van der Waals surface area contributed by atoms with Crippen LogP contribution in [0.1, 0.15) is 59.2 Å². The molecule has 3 saturated heterocycles. The van der Waals surface area contributed by atoms with Gasteiger partial charge in [0.2, 0.25) is 0 Å². The number of carbonyl (C=O) groups is 3. The number of hydrogen-bond acceptors (Lipinski definition) is 5. The summed E-state index contributed by atoms with van der Waals surface area (Å²) in [7, 11) is 3.45. The number of carbonyl (C=O) groups excluding carboxylic acids is 3. The highest BCUT2D eigenvalue weighted by Crippen LogP contribution is 2.39. The largest absolute Gasteiger partial charge is 0.367 e. The summed E-state index contributed by atoms with van der Waals surface area (Å²) in [5.74, 6) is -2.03. The van der Waals surface area contributed by atoms with Crippen LogP contribution in [-0.2, 0) is 21.4 Å². The summed E-state index contributed by atoms with van der Waals surface area (Å²) in [6.07, 6.45) is 2.91. The average molecular weight is 1030 g/mol. The predicted octanol–water partition coefficient (Wildman–Crippen LogP) is 8.46. The number of morpholine rings is 1. The fourth-order valence-electron chi connectivity index (χ4n) is 8.65. The minimum absolute atomic E-state index is 0.134. The fraction of sp³-hybridized carbons (Fsp3) is 0.400. The van der Waals surface area contributed by atoms with Crippen molar-refractivity contribution in [1.29, 1.82) is 0 Å². The highest BCUT2D eigenvalue weighted by Gasteiger charge is 2.44. The van der Waals surface area contributed by atoms with Gasteiger partial charge in [-0.2, -0.15) is 0 Å². The van der Waals surface area contributed by atoms with Gasteiger partial charge in [-0.1, -0.05) is 84.9 Å². The number of hydrogen-bond donors (Lipinski definition) is 2. The van der Waals surface area contributed by atoms with Gasteiger partial charge in [0, 0.05) is 96.2 Å². The molecule has 0 bridgehead atoms. The Morgan fingerprint density at radius 1 is 0.678 bits per heavy atom. The Morgan fingerprint density at radius 2 is 1.22 bits per heavy atom. The lowest BCUT2D eigenvalue weighted by atomic mass is 9.80. The maximum atomic E-state index is 14.7. The van der Waals surface area contributed by atoms with Crippen LogP contribution in [-0.4, -0.2) is 104 Å². The van der Waals surface area contributed by atoms with Crippen LogP contribution >= 0.6 is 37.2 Å². The van der Waals surface area contributed by atoms with Gasteiger partial charge in [-0.25, -0.2) is 18.4 Å². The lowest BCUT2D eigenvalue weighted by Crippen LogP contribution is -2.60. The second-order valence-electron chi connectivity index (χ2n) is 15.8. The number of amides is 5. The normalized spacial score (nSPS) is 20.1. The molecule has 0 aliphatic carbocycles. The first kappa shape index (κ1) is 44.7. The van der Waals surface area contributed by atoms with Crippen LogP contribution in [0.2, 0.25) is 0 Å². The van der Waals surface area contributed by atoms with Crippen molar-refractivity contribution in [1.82, 2.24) is 30.2 Å². The molecule has 3 aliphatic rings. The molecule has 14 heteroatoms. The molecule has 3 heterocycles. The minimum Gasteiger partial charge on any atom is -0.367 e. The van der Waals surface area contributed by atoms with Gasteiger partial charge in [-0.15, -0.1) is 0 Å². The topological polar surface area (TPSA) is 97.5 Å². The van der Waals surface area contributed by atoms with Crippen LogP contribution in [0.15, 0.2) is 109 Å². The Labute approximate surface area is 369 Å². The van der Waals surface area contributed by atoms with Crippen molar-refractivity contribution in [3.63, 3.8) is 0 Å².